The third-order valence-electron chi connectivity index (χ3n) is 4.85. The van der Waals surface area contributed by atoms with E-state index in [1.807, 2.05) is 6.20 Å². The van der Waals surface area contributed by atoms with Gasteiger partial charge in [0.05, 0.1) is 17.9 Å². The van der Waals surface area contributed by atoms with Gasteiger partial charge in [-0.25, -0.2) is 4.68 Å². The average molecular weight is 307 g/mol. The lowest BCUT2D eigenvalue weighted by molar-refractivity contribution is 0.453. The molecule has 4 heteroatoms. The van der Waals surface area contributed by atoms with Crippen LogP contribution in [0.25, 0.3) is 0 Å². The Labute approximate surface area is 136 Å². The van der Waals surface area contributed by atoms with E-state index in [2.05, 4.69) is 46.4 Å². The van der Waals surface area contributed by atoms with Crippen LogP contribution in [0.5, 0.6) is 0 Å². The Morgan fingerprint density at radius 2 is 2.04 bits per heavy atom. The quantitative estimate of drug-likeness (QED) is 0.800. The van der Waals surface area contributed by atoms with Crippen LogP contribution < -0.4 is 10.5 Å². The van der Waals surface area contributed by atoms with Crippen molar-refractivity contribution in [2.24, 2.45) is 0 Å². The average Bonchev–Trinajstić information content (AvgIpc) is 2.62. The van der Waals surface area contributed by atoms with Gasteiger partial charge in [-0.05, 0) is 36.8 Å². The molecule has 2 heterocycles. The molecule has 0 saturated carbocycles. The SMILES string of the molecule is O=c1cc(N2CCc3ccccc3C2)cnn1[C@H]1C=CCCC1. The lowest BCUT2D eigenvalue weighted by Gasteiger charge is -2.30. The van der Waals surface area contributed by atoms with Crippen molar-refractivity contribution in [1.29, 1.82) is 0 Å². The minimum atomic E-state index is -0.00194. The van der Waals surface area contributed by atoms with Gasteiger partial charge in [-0.1, -0.05) is 36.4 Å². The first-order valence-corrected chi connectivity index (χ1v) is 8.38. The van der Waals surface area contributed by atoms with Crippen molar-refractivity contribution in [1.82, 2.24) is 9.78 Å². The first kappa shape index (κ1) is 14.2. The van der Waals surface area contributed by atoms with Crippen LogP contribution in [-0.2, 0) is 13.0 Å². The van der Waals surface area contributed by atoms with Crippen LogP contribution >= 0.6 is 0 Å². The van der Waals surface area contributed by atoms with E-state index in [9.17, 15) is 4.79 Å². The zero-order chi connectivity index (χ0) is 15.6. The van der Waals surface area contributed by atoms with E-state index < -0.39 is 0 Å². The Balaban J connectivity index is 1.59. The first-order chi connectivity index (χ1) is 11.3. The number of aromatic nitrogens is 2. The molecule has 0 amide bonds. The molecule has 0 radical (unpaired) electrons. The topological polar surface area (TPSA) is 38.1 Å². The molecule has 0 saturated heterocycles. The lowest BCUT2D eigenvalue weighted by atomic mass is 10.00. The second kappa shape index (κ2) is 6.03. The summed E-state index contributed by atoms with van der Waals surface area (Å²) in [5.74, 6) is 0. The van der Waals surface area contributed by atoms with Crippen molar-refractivity contribution in [3.8, 4) is 0 Å². The Morgan fingerprint density at radius 3 is 2.83 bits per heavy atom. The largest absolute Gasteiger partial charge is 0.365 e. The van der Waals surface area contributed by atoms with E-state index in [0.29, 0.717) is 0 Å². The number of fused-ring (bicyclic) bond motifs is 1. The highest BCUT2D eigenvalue weighted by atomic mass is 16.1. The third-order valence-corrected chi connectivity index (χ3v) is 4.85. The highest BCUT2D eigenvalue weighted by Gasteiger charge is 2.18. The monoisotopic (exact) mass is 307 g/mol. The predicted octanol–water partition coefficient (Wildman–Crippen LogP) is 3.09. The number of hydrogen-bond acceptors (Lipinski definition) is 3. The maximum atomic E-state index is 12.5. The molecular weight excluding hydrogens is 286 g/mol. The molecule has 1 aliphatic carbocycles. The molecule has 23 heavy (non-hydrogen) atoms. The zero-order valence-corrected chi connectivity index (χ0v) is 13.2. The zero-order valence-electron chi connectivity index (χ0n) is 13.2. The molecule has 1 aliphatic heterocycles. The smallest absolute Gasteiger partial charge is 0.269 e. The van der Waals surface area contributed by atoms with Crippen molar-refractivity contribution < 1.29 is 0 Å². The maximum Gasteiger partial charge on any atom is 0.269 e. The number of benzene rings is 1. The number of allylic oxidation sites excluding steroid dienone is 2. The van der Waals surface area contributed by atoms with E-state index in [1.54, 1.807) is 10.7 Å². The van der Waals surface area contributed by atoms with Gasteiger partial charge in [0.15, 0.2) is 0 Å². The summed E-state index contributed by atoms with van der Waals surface area (Å²) in [4.78, 5) is 14.7. The molecule has 0 spiro atoms. The third kappa shape index (κ3) is 2.81. The van der Waals surface area contributed by atoms with Gasteiger partial charge in [0, 0.05) is 19.2 Å². The van der Waals surface area contributed by atoms with Gasteiger partial charge in [-0.3, -0.25) is 4.79 Å². The summed E-state index contributed by atoms with van der Waals surface area (Å²) in [6.45, 7) is 1.79. The van der Waals surface area contributed by atoms with Crippen molar-refractivity contribution in [3.63, 3.8) is 0 Å². The number of anilines is 1. The molecule has 2 aliphatic rings. The Kier molecular flexibility index (Phi) is 3.74. The van der Waals surface area contributed by atoms with E-state index in [-0.39, 0.29) is 11.6 Å². The molecule has 118 valence electrons. The van der Waals surface area contributed by atoms with E-state index in [0.717, 1.165) is 44.5 Å². The van der Waals surface area contributed by atoms with Crippen molar-refractivity contribution >= 4 is 5.69 Å². The summed E-state index contributed by atoms with van der Waals surface area (Å²) in [5, 5.41) is 4.44. The summed E-state index contributed by atoms with van der Waals surface area (Å²) >= 11 is 0. The van der Waals surface area contributed by atoms with Crippen LogP contribution in [0.3, 0.4) is 0 Å². The summed E-state index contributed by atoms with van der Waals surface area (Å²) < 4.78 is 1.62. The minimum absolute atomic E-state index is 0.00194. The van der Waals surface area contributed by atoms with E-state index in [4.69, 9.17) is 0 Å². The Morgan fingerprint density at radius 1 is 1.17 bits per heavy atom. The number of nitrogens with zero attached hydrogens (tertiary/aromatic N) is 3. The summed E-state index contributed by atoms with van der Waals surface area (Å²) in [6.07, 6.45) is 10.4. The van der Waals surface area contributed by atoms with Gasteiger partial charge in [-0.2, -0.15) is 5.10 Å². The van der Waals surface area contributed by atoms with Crippen LogP contribution in [0, 0.1) is 0 Å². The Bertz CT molecular complexity index is 793. The van der Waals surface area contributed by atoms with Crippen LogP contribution in [0.4, 0.5) is 5.69 Å². The van der Waals surface area contributed by atoms with Gasteiger partial charge in [0.25, 0.3) is 5.56 Å². The molecule has 1 aromatic heterocycles. The van der Waals surface area contributed by atoms with Gasteiger partial charge in [0.1, 0.15) is 0 Å². The number of hydrogen-bond donors (Lipinski definition) is 0. The number of rotatable bonds is 2. The van der Waals surface area contributed by atoms with Crippen LogP contribution in [0.15, 0.2) is 53.5 Å². The molecule has 0 N–H and O–H groups in total. The van der Waals surface area contributed by atoms with Crippen molar-refractivity contribution in [3.05, 3.63) is 70.2 Å². The van der Waals surface area contributed by atoms with Crippen molar-refractivity contribution in [2.75, 3.05) is 11.4 Å². The lowest BCUT2D eigenvalue weighted by Crippen LogP contribution is -2.33. The molecule has 0 bridgehead atoms. The van der Waals surface area contributed by atoms with Crippen LogP contribution in [-0.4, -0.2) is 16.3 Å². The normalized spacial score (nSPS) is 20.3. The van der Waals surface area contributed by atoms with Gasteiger partial charge in [0.2, 0.25) is 0 Å². The molecule has 1 aromatic carbocycles. The fraction of sp³-hybridized carbons (Fsp3) is 0.368. The van der Waals surface area contributed by atoms with Gasteiger partial charge >= 0.3 is 0 Å². The molecule has 1 atom stereocenters. The van der Waals surface area contributed by atoms with E-state index >= 15 is 0 Å². The molecule has 0 fully saturated rings. The fourth-order valence-electron chi connectivity index (χ4n) is 3.54. The molecule has 4 rings (SSSR count). The fourth-order valence-corrected chi connectivity index (χ4v) is 3.54. The second-order valence-electron chi connectivity index (χ2n) is 6.36. The maximum absolute atomic E-state index is 12.5. The molecule has 0 unspecified atom stereocenters. The highest BCUT2D eigenvalue weighted by molar-refractivity contribution is 5.47. The van der Waals surface area contributed by atoms with Crippen molar-refractivity contribution in [2.45, 2.75) is 38.3 Å². The first-order valence-electron chi connectivity index (χ1n) is 8.38. The van der Waals surface area contributed by atoms with Gasteiger partial charge < -0.3 is 4.90 Å². The summed E-state index contributed by atoms with van der Waals surface area (Å²) in [5.41, 5.74) is 3.69. The molecular formula is C19H21N3O. The minimum Gasteiger partial charge on any atom is -0.365 e. The summed E-state index contributed by atoms with van der Waals surface area (Å²) in [6, 6.07) is 10.4. The second-order valence-corrected chi connectivity index (χ2v) is 6.36. The molecule has 2 aromatic rings. The van der Waals surface area contributed by atoms with Crippen LogP contribution in [0.2, 0.25) is 0 Å². The standard InChI is InChI=1S/C19H21N3O/c23-19-12-18(13-20-22(19)17-8-2-1-3-9-17)21-11-10-15-6-4-5-7-16(15)14-21/h2,4-8,12-13,17H,1,3,9-11,14H2/t17-/m0/s1. The van der Waals surface area contributed by atoms with E-state index in [1.165, 1.54) is 11.1 Å². The van der Waals surface area contributed by atoms with Crippen LogP contribution in [0.1, 0.15) is 36.4 Å². The predicted molar refractivity (Wildman–Crippen MR) is 91.7 cm³/mol. The highest BCUT2D eigenvalue weighted by Crippen LogP contribution is 2.24. The molecule has 4 nitrogen and oxygen atoms in total. The van der Waals surface area contributed by atoms with Gasteiger partial charge in [-0.15, -0.1) is 0 Å². The summed E-state index contributed by atoms with van der Waals surface area (Å²) in [7, 11) is 0. The Hall–Kier alpha value is -2.36.